The van der Waals surface area contributed by atoms with Gasteiger partial charge in [0.25, 0.3) is 5.91 Å². The number of hydrogen-bond donors (Lipinski definition) is 5. The summed E-state index contributed by atoms with van der Waals surface area (Å²) in [5.74, 6) is -2.67. The standard InChI is InChI=1S/C26H21N3O13S3/c30-24-19-10-7-17(27-25(31)20-3-1-2-4-21(20)26(32)33)13-15(19)14-22(43-41-39-34)23(24)29-28-16-5-8-18(9-6-16)45(36,37)12-11-38-44-42-40-35/h1-10,13-14,30,34-35H,11-12H2,(H,27,31)(H,32,33). The van der Waals surface area contributed by atoms with Crippen molar-refractivity contribution in [3.8, 4) is 5.75 Å². The number of amides is 1. The molecule has 0 atom stereocenters. The van der Waals surface area contributed by atoms with E-state index in [9.17, 15) is 28.2 Å². The van der Waals surface area contributed by atoms with Crippen LogP contribution < -0.4 is 5.32 Å². The fourth-order valence-corrected chi connectivity index (χ4v) is 5.77. The summed E-state index contributed by atoms with van der Waals surface area (Å²) in [6.07, 6.45) is 0. The second-order valence-electron chi connectivity index (χ2n) is 8.58. The first kappa shape index (κ1) is 33.7. The highest BCUT2D eigenvalue weighted by molar-refractivity contribution is 7.94. The van der Waals surface area contributed by atoms with Gasteiger partial charge in [-0.05, 0) is 66.0 Å². The van der Waals surface area contributed by atoms with Gasteiger partial charge in [0, 0.05) is 11.1 Å². The minimum absolute atomic E-state index is 0.0259. The number of aromatic carboxylic acids is 1. The number of hydrogen-bond acceptors (Lipinski definition) is 16. The molecule has 0 bridgehead atoms. The molecule has 45 heavy (non-hydrogen) atoms. The third-order valence-electron chi connectivity index (χ3n) is 5.87. The summed E-state index contributed by atoms with van der Waals surface area (Å²) in [6.45, 7) is -0.258. The molecule has 0 aliphatic heterocycles. The number of aromatic hydroxyl groups is 1. The van der Waals surface area contributed by atoms with Crippen LogP contribution >= 0.6 is 24.4 Å². The molecule has 0 heterocycles. The molecule has 0 aliphatic carbocycles. The average molecular weight is 680 g/mol. The van der Waals surface area contributed by atoms with Crippen LogP contribution in [0.1, 0.15) is 20.7 Å². The number of carbonyl (C=O) groups is 2. The summed E-state index contributed by atoms with van der Waals surface area (Å²) in [5, 5.41) is 55.6. The molecule has 19 heteroatoms. The maximum atomic E-state index is 12.8. The van der Waals surface area contributed by atoms with Gasteiger partial charge in [-0.1, -0.05) is 22.2 Å². The first-order valence-corrected chi connectivity index (χ1v) is 15.3. The largest absolute Gasteiger partial charge is 0.505 e. The lowest BCUT2D eigenvalue weighted by atomic mass is 10.1. The zero-order valence-electron chi connectivity index (χ0n) is 22.4. The molecule has 0 saturated carbocycles. The SMILES string of the molecule is O=C(O)c1ccccc1C(=O)Nc1ccc2c(O)c(N=Nc3ccc(S(=O)(=O)CCOSOOO)cc3)c(SOOO)cc2c1. The predicted octanol–water partition coefficient (Wildman–Crippen LogP) is 6.11. The van der Waals surface area contributed by atoms with Crippen molar-refractivity contribution in [1.82, 2.24) is 0 Å². The van der Waals surface area contributed by atoms with Gasteiger partial charge in [0.05, 0.1) is 51.0 Å². The van der Waals surface area contributed by atoms with Gasteiger partial charge in [-0.3, -0.25) is 8.98 Å². The fraction of sp³-hybridized carbons (Fsp3) is 0.0769. The number of nitrogens with one attached hydrogen (secondary N) is 1. The molecule has 0 radical (unpaired) electrons. The molecule has 0 aliphatic rings. The van der Waals surface area contributed by atoms with Crippen molar-refractivity contribution in [2.45, 2.75) is 9.79 Å². The molecular weight excluding hydrogens is 658 g/mol. The quantitative estimate of drug-likeness (QED) is 0.0313. The number of anilines is 1. The van der Waals surface area contributed by atoms with Crippen molar-refractivity contribution < 1.29 is 61.7 Å². The van der Waals surface area contributed by atoms with Gasteiger partial charge < -0.3 is 15.5 Å². The highest BCUT2D eigenvalue weighted by atomic mass is 32.2. The Labute approximate surface area is 262 Å². The van der Waals surface area contributed by atoms with Gasteiger partial charge in [-0.2, -0.15) is 5.11 Å². The van der Waals surface area contributed by atoms with Crippen LogP contribution in [0.2, 0.25) is 0 Å². The van der Waals surface area contributed by atoms with E-state index in [1.807, 2.05) is 0 Å². The second kappa shape index (κ2) is 15.7. The second-order valence-corrected chi connectivity index (χ2v) is 11.9. The van der Waals surface area contributed by atoms with E-state index in [0.29, 0.717) is 22.8 Å². The van der Waals surface area contributed by atoms with E-state index in [4.69, 9.17) is 14.7 Å². The molecule has 4 aromatic rings. The Balaban J connectivity index is 1.57. The molecular formula is C26H21N3O13S3. The first-order chi connectivity index (χ1) is 21.6. The van der Waals surface area contributed by atoms with E-state index in [2.05, 4.69) is 34.3 Å². The Kier molecular flexibility index (Phi) is 11.8. The maximum absolute atomic E-state index is 12.8. The summed E-state index contributed by atoms with van der Waals surface area (Å²) in [6, 6.07) is 17.1. The van der Waals surface area contributed by atoms with Gasteiger partial charge >= 0.3 is 5.97 Å². The number of nitrogens with zero attached hydrogens (tertiary/aromatic N) is 2. The minimum Gasteiger partial charge on any atom is -0.505 e. The van der Waals surface area contributed by atoms with Gasteiger partial charge in [-0.15, -0.1) is 13.8 Å². The molecule has 16 nitrogen and oxygen atoms in total. The van der Waals surface area contributed by atoms with Crippen molar-refractivity contribution in [3.63, 3.8) is 0 Å². The Morgan fingerprint density at radius 2 is 1.60 bits per heavy atom. The smallest absolute Gasteiger partial charge is 0.336 e. The number of fused-ring (bicyclic) bond motifs is 1. The Morgan fingerprint density at radius 1 is 0.889 bits per heavy atom. The van der Waals surface area contributed by atoms with Crippen LogP contribution in [0.25, 0.3) is 10.8 Å². The molecule has 1 amide bonds. The van der Waals surface area contributed by atoms with Crippen LogP contribution in [0.5, 0.6) is 5.75 Å². The predicted molar refractivity (Wildman–Crippen MR) is 159 cm³/mol. The van der Waals surface area contributed by atoms with Crippen LogP contribution in [0.15, 0.2) is 92.8 Å². The maximum Gasteiger partial charge on any atom is 0.336 e. The average Bonchev–Trinajstić information content (AvgIpc) is 3.03. The lowest BCUT2D eigenvalue weighted by molar-refractivity contribution is -0.434. The van der Waals surface area contributed by atoms with Crippen molar-refractivity contribution in [3.05, 3.63) is 83.9 Å². The number of phenols is 1. The zero-order valence-corrected chi connectivity index (χ0v) is 24.9. The molecule has 5 N–H and O–H groups in total. The van der Waals surface area contributed by atoms with Crippen LogP contribution in [-0.4, -0.2) is 53.4 Å². The van der Waals surface area contributed by atoms with Crippen molar-refractivity contribution in [2.24, 2.45) is 10.2 Å². The Hall–Kier alpha value is -4.15. The normalized spacial score (nSPS) is 11.7. The third kappa shape index (κ3) is 8.73. The zero-order chi connectivity index (χ0) is 32.4. The van der Waals surface area contributed by atoms with E-state index in [0.717, 1.165) is 0 Å². The number of benzene rings is 4. The number of phenolic OH excluding ortho intramolecular Hbond substituents is 1. The number of carbonyl (C=O) groups excluding carboxylic acids is 1. The fourth-order valence-electron chi connectivity index (χ4n) is 3.86. The van der Waals surface area contributed by atoms with E-state index in [-0.39, 0.29) is 62.7 Å². The number of sulfone groups is 1. The first-order valence-electron chi connectivity index (χ1n) is 12.2. The number of rotatable bonds is 15. The topological polar surface area (TPSA) is 232 Å². The number of carboxylic acids is 1. The van der Waals surface area contributed by atoms with Crippen molar-refractivity contribution in [2.75, 3.05) is 17.7 Å². The molecule has 4 aromatic carbocycles. The lowest BCUT2D eigenvalue weighted by Crippen LogP contribution is -2.16. The highest BCUT2D eigenvalue weighted by Gasteiger charge is 2.19. The summed E-state index contributed by atoms with van der Waals surface area (Å²) in [5.41, 5.74) is 0.197. The summed E-state index contributed by atoms with van der Waals surface area (Å²) in [7, 11) is -3.73. The van der Waals surface area contributed by atoms with E-state index < -0.39 is 27.5 Å². The minimum atomic E-state index is -3.73. The van der Waals surface area contributed by atoms with E-state index in [1.54, 1.807) is 0 Å². The van der Waals surface area contributed by atoms with Gasteiger partial charge in [-0.25, -0.2) is 23.7 Å². The summed E-state index contributed by atoms with van der Waals surface area (Å²) < 4.78 is 38.3. The van der Waals surface area contributed by atoms with Crippen LogP contribution in [0, 0.1) is 0 Å². The highest BCUT2D eigenvalue weighted by Crippen LogP contribution is 2.44. The molecule has 0 spiro atoms. The number of azo groups is 1. The van der Waals surface area contributed by atoms with Crippen LogP contribution in [-0.2, 0) is 32.8 Å². The molecule has 0 unspecified atom stereocenters. The summed E-state index contributed by atoms with van der Waals surface area (Å²) in [4.78, 5) is 24.4. The Morgan fingerprint density at radius 3 is 2.29 bits per heavy atom. The van der Waals surface area contributed by atoms with E-state index >= 15 is 0 Å². The molecule has 0 saturated heterocycles. The Bertz CT molecular complexity index is 1820. The molecule has 236 valence electrons. The van der Waals surface area contributed by atoms with Gasteiger partial charge in [0.2, 0.25) is 0 Å². The van der Waals surface area contributed by atoms with Gasteiger partial charge in [0.15, 0.2) is 27.9 Å². The monoisotopic (exact) mass is 679 g/mol. The number of carboxylic acid groups (broad SMARTS) is 1. The van der Waals surface area contributed by atoms with Crippen molar-refractivity contribution >= 4 is 73.9 Å². The third-order valence-corrected chi connectivity index (χ3v) is 8.56. The molecule has 0 fully saturated rings. The van der Waals surface area contributed by atoms with Crippen LogP contribution in [0.3, 0.4) is 0 Å². The molecule has 0 aromatic heterocycles. The van der Waals surface area contributed by atoms with Crippen molar-refractivity contribution in [1.29, 1.82) is 0 Å². The van der Waals surface area contributed by atoms with E-state index in [1.165, 1.54) is 72.8 Å². The van der Waals surface area contributed by atoms with Crippen LogP contribution in [0.4, 0.5) is 17.1 Å². The summed E-state index contributed by atoms with van der Waals surface area (Å²) >= 11 is 0.745. The molecule has 4 rings (SSSR count). The lowest BCUT2D eigenvalue weighted by Gasteiger charge is -2.12. The van der Waals surface area contributed by atoms with Gasteiger partial charge in [0.1, 0.15) is 5.69 Å².